The Labute approximate surface area is 141 Å². The van der Waals surface area contributed by atoms with Crippen molar-refractivity contribution < 1.29 is 14.0 Å². The van der Waals surface area contributed by atoms with E-state index in [0.29, 0.717) is 18.1 Å². The Hall–Kier alpha value is -2.63. The Kier molecular flexibility index (Phi) is 5.73. The second kappa shape index (κ2) is 7.77. The lowest BCUT2D eigenvalue weighted by atomic mass is 10.1. The van der Waals surface area contributed by atoms with Crippen LogP contribution in [-0.4, -0.2) is 28.9 Å². The molecule has 1 aromatic carbocycles. The lowest BCUT2D eigenvalue weighted by Crippen LogP contribution is -2.45. The normalized spacial score (nSPS) is 11.1. The third-order valence-corrected chi connectivity index (χ3v) is 3.14. The maximum Gasteiger partial charge on any atom is 0.239 e. The number of aryl methyl sites for hydroxylation is 1. The number of hydrogen-bond donors (Lipinski definition) is 2. The largest absolute Gasteiger partial charge is 0.441 e. The van der Waals surface area contributed by atoms with Crippen LogP contribution in [-0.2, 0) is 16.0 Å². The first-order chi connectivity index (χ1) is 11.3. The van der Waals surface area contributed by atoms with Gasteiger partial charge in [-0.25, -0.2) is 4.98 Å². The molecule has 0 aliphatic carbocycles. The van der Waals surface area contributed by atoms with Gasteiger partial charge in [-0.1, -0.05) is 30.3 Å². The Morgan fingerprint density at radius 1 is 1.12 bits per heavy atom. The molecule has 0 spiro atoms. The molecule has 0 bridgehead atoms. The first-order valence-corrected chi connectivity index (χ1v) is 7.91. The fourth-order valence-electron chi connectivity index (χ4n) is 2.11. The summed E-state index contributed by atoms with van der Waals surface area (Å²) in [7, 11) is 0. The zero-order chi connectivity index (χ0) is 17.6. The predicted octanol–water partition coefficient (Wildman–Crippen LogP) is 2.31. The summed E-state index contributed by atoms with van der Waals surface area (Å²) >= 11 is 0. The standard InChI is InChI=1S/C18H23N3O3/c1-18(2,3)21-16(23)12-19-15(22)9-10-17-20-11-14(24-17)13-7-5-4-6-8-13/h4-8,11H,9-10,12H2,1-3H3,(H,19,22)(H,21,23). The van der Waals surface area contributed by atoms with Gasteiger partial charge in [-0.2, -0.15) is 0 Å². The first-order valence-electron chi connectivity index (χ1n) is 7.91. The monoisotopic (exact) mass is 329 g/mol. The molecule has 0 atom stereocenters. The lowest BCUT2D eigenvalue weighted by molar-refractivity contribution is -0.126. The Bertz CT molecular complexity index is 687. The third-order valence-electron chi connectivity index (χ3n) is 3.14. The van der Waals surface area contributed by atoms with E-state index in [4.69, 9.17) is 4.42 Å². The SMILES string of the molecule is CC(C)(C)NC(=O)CNC(=O)CCc1ncc(-c2ccccc2)o1. The van der Waals surface area contributed by atoms with Gasteiger partial charge in [0.15, 0.2) is 11.7 Å². The highest BCUT2D eigenvalue weighted by molar-refractivity contribution is 5.85. The average Bonchev–Trinajstić information content (AvgIpc) is 2.99. The Morgan fingerprint density at radius 2 is 1.83 bits per heavy atom. The summed E-state index contributed by atoms with van der Waals surface area (Å²) in [6.07, 6.45) is 2.26. The summed E-state index contributed by atoms with van der Waals surface area (Å²) in [6, 6.07) is 9.65. The van der Waals surface area contributed by atoms with E-state index >= 15 is 0 Å². The van der Waals surface area contributed by atoms with Gasteiger partial charge >= 0.3 is 0 Å². The number of carbonyl (C=O) groups is 2. The van der Waals surface area contributed by atoms with E-state index in [-0.39, 0.29) is 30.3 Å². The minimum absolute atomic E-state index is 0.0308. The van der Waals surface area contributed by atoms with E-state index in [1.165, 1.54) is 0 Å². The fourth-order valence-corrected chi connectivity index (χ4v) is 2.11. The van der Waals surface area contributed by atoms with Gasteiger partial charge in [0.25, 0.3) is 0 Å². The molecule has 2 rings (SSSR count). The molecule has 6 heteroatoms. The average molecular weight is 329 g/mol. The number of carbonyl (C=O) groups excluding carboxylic acids is 2. The number of aromatic nitrogens is 1. The van der Waals surface area contributed by atoms with Crippen LogP contribution in [0.3, 0.4) is 0 Å². The Morgan fingerprint density at radius 3 is 2.50 bits per heavy atom. The van der Waals surface area contributed by atoms with Crippen LogP contribution in [0, 0.1) is 0 Å². The molecule has 2 amide bonds. The molecule has 1 heterocycles. The molecule has 0 unspecified atom stereocenters. The van der Waals surface area contributed by atoms with Crippen LogP contribution >= 0.6 is 0 Å². The van der Waals surface area contributed by atoms with Crippen LogP contribution in [0.5, 0.6) is 0 Å². The van der Waals surface area contributed by atoms with Crippen molar-refractivity contribution in [1.82, 2.24) is 15.6 Å². The summed E-state index contributed by atoms with van der Waals surface area (Å²) in [6.45, 7) is 5.63. The highest BCUT2D eigenvalue weighted by Crippen LogP contribution is 2.20. The van der Waals surface area contributed by atoms with Crippen molar-refractivity contribution in [2.75, 3.05) is 6.54 Å². The highest BCUT2D eigenvalue weighted by atomic mass is 16.4. The summed E-state index contributed by atoms with van der Waals surface area (Å²) in [5.41, 5.74) is 0.632. The van der Waals surface area contributed by atoms with Crippen LogP contribution in [0.1, 0.15) is 33.1 Å². The van der Waals surface area contributed by atoms with Crippen molar-refractivity contribution >= 4 is 11.8 Å². The van der Waals surface area contributed by atoms with Gasteiger partial charge in [0.1, 0.15) is 0 Å². The van der Waals surface area contributed by atoms with Gasteiger partial charge in [0.2, 0.25) is 11.8 Å². The molecule has 0 saturated carbocycles. The molecule has 128 valence electrons. The molecule has 1 aromatic heterocycles. The third kappa shape index (κ3) is 5.87. The van der Waals surface area contributed by atoms with Crippen LogP contribution in [0.15, 0.2) is 40.9 Å². The minimum atomic E-state index is -0.312. The van der Waals surface area contributed by atoms with Crippen molar-refractivity contribution in [2.45, 2.75) is 39.2 Å². The number of hydrogen-bond acceptors (Lipinski definition) is 4. The van der Waals surface area contributed by atoms with Crippen LogP contribution < -0.4 is 10.6 Å². The van der Waals surface area contributed by atoms with Crippen molar-refractivity contribution in [3.8, 4) is 11.3 Å². The molecule has 2 N–H and O–H groups in total. The topological polar surface area (TPSA) is 84.2 Å². The van der Waals surface area contributed by atoms with E-state index in [2.05, 4.69) is 15.6 Å². The van der Waals surface area contributed by atoms with Gasteiger partial charge in [-0.15, -0.1) is 0 Å². The molecule has 0 aliphatic heterocycles. The van der Waals surface area contributed by atoms with E-state index < -0.39 is 0 Å². The number of benzene rings is 1. The van der Waals surface area contributed by atoms with Crippen molar-refractivity contribution in [2.24, 2.45) is 0 Å². The number of amides is 2. The molecule has 0 fully saturated rings. The molecule has 0 saturated heterocycles. The quantitative estimate of drug-likeness (QED) is 0.852. The lowest BCUT2D eigenvalue weighted by Gasteiger charge is -2.20. The molecular formula is C18H23N3O3. The summed E-state index contributed by atoms with van der Waals surface area (Å²) in [5, 5.41) is 5.38. The van der Waals surface area contributed by atoms with Crippen molar-refractivity contribution in [1.29, 1.82) is 0 Å². The number of nitrogens with zero attached hydrogens (tertiary/aromatic N) is 1. The van der Waals surface area contributed by atoms with E-state index in [1.54, 1.807) is 6.20 Å². The molecule has 6 nitrogen and oxygen atoms in total. The van der Waals surface area contributed by atoms with Crippen molar-refractivity contribution in [3.63, 3.8) is 0 Å². The van der Waals surface area contributed by atoms with Gasteiger partial charge < -0.3 is 15.1 Å². The van der Waals surface area contributed by atoms with Gasteiger partial charge in [-0.3, -0.25) is 9.59 Å². The molecule has 24 heavy (non-hydrogen) atoms. The molecule has 0 aliphatic rings. The number of oxazole rings is 1. The van der Waals surface area contributed by atoms with Crippen LogP contribution in [0.4, 0.5) is 0 Å². The predicted molar refractivity (Wildman–Crippen MR) is 91.2 cm³/mol. The second-order valence-corrected chi connectivity index (χ2v) is 6.56. The van der Waals surface area contributed by atoms with Gasteiger partial charge in [0, 0.05) is 23.9 Å². The van der Waals surface area contributed by atoms with Crippen LogP contribution in [0.25, 0.3) is 11.3 Å². The fraction of sp³-hybridized carbons (Fsp3) is 0.389. The van der Waals surface area contributed by atoms with Crippen molar-refractivity contribution in [3.05, 3.63) is 42.4 Å². The maximum atomic E-state index is 11.8. The van der Waals surface area contributed by atoms with E-state index in [0.717, 1.165) is 5.56 Å². The zero-order valence-corrected chi connectivity index (χ0v) is 14.3. The zero-order valence-electron chi connectivity index (χ0n) is 14.3. The second-order valence-electron chi connectivity index (χ2n) is 6.56. The number of rotatable bonds is 6. The Balaban J connectivity index is 1.76. The van der Waals surface area contributed by atoms with Crippen LogP contribution in [0.2, 0.25) is 0 Å². The minimum Gasteiger partial charge on any atom is -0.441 e. The number of nitrogens with one attached hydrogen (secondary N) is 2. The summed E-state index contributed by atoms with van der Waals surface area (Å²) in [5.74, 6) is 0.760. The highest BCUT2D eigenvalue weighted by Gasteiger charge is 2.14. The van der Waals surface area contributed by atoms with E-state index in [1.807, 2.05) is 51.1 Å². The summed E-state index contributed by atoms with van der Waals surface area (Å²) in [4.78, 5) is 27.6. The van der Waals surface area contributed by atoms with Gasteiger partial charge in [0.05, 0.1) is 12.7 Å². The first kappa shape index (κ1) is 17.7. The van der Waals surface area contributed by atoms with E-state index in [9.17, 15) is 9.59 Å². The molecule has 2 aromatic rings. The smallest absolute Gasteiger partial charge is 0.239 e. The maximum absolute atomic E-state index is 11.8. The van der Waals surface area contributed by atoms with Gasteiger partial charge in [-0.05, 0) is 20.8 Å². The molecular weight excluding hydrogens is 306 g/mol. The molecule has 0 radical (unpaired) electrons. The summed E-state index contributed by atoms with van der Waals surface area (Å²) < 4.78 is 5.64.